The van der Waals surface area contributed by atoms with E-state index in [9.17, 15) is 18.4 Å². The Bertz CT molecular complexity index is 505. The molecule has 0 aliphatic rings. The number of carbonyl (C=O) groups is 2. The van der Waals surface area contributed by atoms with Crippen LogP contribution >= 0.6 is 0 Å². The third-order valence-corrected chi connectivity index (χ3v) is 2.52. The number of hydrogen-bond acceptors (Lipinski definition) is 3. The molecule has 0 heterocycles. The summed E-state index contributed by atoms with van der Waals surface area (Å²) in [4.78, 5) is 22.3. The van der Waals surface area contributed by atoms with Gasteiger partial charge in [0.25, 0.3) is 5.91 Å². The summed E-state index contributed by atoms with van der Waals surface area (Å²) in [5, 5.41) is 10.8. The summed E-state index contributed by atoms with van der Waals surface area (Å²) in [6.45, 7) is 0.998. The number of rotatable bonds is 5. The van der Waals surface area contributed by atoms with Crippen LogP contribution in [0, 0.1) is 18.6 Å². The van der Waals surface area contributed by atoms with Crippen molar-refractivity contribution >= 4 is 11.9 Å². The van der Waals surface area contributed by atoms with Gasteiger partial charge >= 0.3 is 5.97 Å². The maximum Gasteiger partial charge on any atom is 0.334 e. The molecule has 0 spiro atoms. The molecule has 7 heteroatoms. The lowest BCUT2D eigenvalue weighted by Crippen LogP contribution is -2.38. The molecule has 104 valence electrons. The molecule has 0 aliphatic heterocycles. The second kappa shape index (κ2) is 6.24. The molecule has 0 radical (unpaired) electrons. The van der Waals surface area contributed by atoms with Crippen LogP contribution in [0.2, 0.25) is 0 Å². The predicted molar refractivity (Wildman–Crippen MR) is 61.9 cm³/mol. The van der Waals surface area contributed by atoms with Crippen LogP contribution in [0.1, 0.15) is 15.9 Å². The number of aryl methyl sites for hydroxylation is 1. The van der Waals surface area contributed by atoms with Gasteiger partial charge in [0, 0.05) is 7.11 Å². The van der Waals surface area contributed by atoms with E-state index < -0.39 is 41.7 Å². The molecular weight excluding hydrogens is 260 g/mol. The molecule has 2 N–H and O–H groups in total. The van der Waals surface area contributed by atoms with Gasteiger partial charge in [-0.1, -0.05) is 6.07 Å². The van der Waals surface area contributed by atoms with Crippen LogP contribution in [0.3, 0.4) is 0 Å². The first-order valence-electron chi connectivity index (χ1n) is 5.36. The molecule has 1 aromatic rings. The first-order valence-corrected chi connectivity index (χ1v) is 5.36. The molecule has 0 saturated heterocycles. The van der Waals surface area contributed by atoms with E-state index in [1.165, 1.54) is 13.0 Å². The van der Waals surface area contributed by atoms with E-state index in [0.717, 1.165) is 13.2 Å². The van der Waals surface area contributed by atoms with E-state index in [-0.39, 0.29) is 5.56 Å². The molecule has 0 bridgehead atoms. The van der Waals surface area contributed by atoms with Crippen molar-refractivity contribution in [2.45, 2.75) is 13.0 Å². The molecule has 0 fully saturated rings. The smallest absolute Gasteiger partial charge is 0.334 e. The number of amides is 1. The van der Waals surface area contributed by atoms with E-state index in [4.69, 9.17) is 5.11 Å². The minimum atomic E-state index is -1.28. The van der Waals surface area contributed by atoms with Gasteiger partial charge in [-0.15, -0.1) is 0 Å². The number of carboxylic acids is 1. The lowest BCUT2D eigenvalue weighted by molar-refractivity contribution is -0.148. The predicted octanol–water partition coefficient (Wildman–Crippen LogP) is 1.10. The Morgan fingerprint density at radius 2 is 2.05 bits per heavy atom. The number of methoxy groups -OCH3 is 1. The Labute approximate surface area is 108 Å². The van der Waals surface area contributed by atoms with Gasteiger partial charge in [0.15, 0.2) is 6.10 Å². The average molecular weight is 273 g/mol. The number of carbonyl (C=O) groups excluding carboxylic acids is 1. The number of benzene rings is 1. The number of carboxylic acid groups (broad SMARTS) is 1. The van der Waals surface area contributed by atoms with Crippen LogP contribution in [-0.4, -0.2) is 36.7 Å². The quantitative estimate of drug-likeness (QED) is 0.842. The Morgan fingerprint density at radius 3 is 2.58 bits per heavy atom. The minimum Gasteiger partial charge on any atom is -0.479 e. The van der Waals surface area contributed by atoms with Crippen molar-refractivity contribution in [3.63, 3.8) is 0 Å². The molecule has 0 aromatic heterocycles. The second-order valence-electron chi connectivity index (χ2n) is 3.83. The summed E-state index contributed by atoms with van der Waals surface area (Å²) in [6.07, 6.45) is -1.28. The zero-order valence-electron chi connectivity index (χ0n) is 10.4. The fraction of sp³-hybridized carbons (Fsp3) is 0.333. The maximum absolute atomic E-state index is 13.6. The molecule has 1 aromatic carbocycles. The molecule has 1 atom stereocenters. The summed E-state index contributed by atoms with van der Waals surface area (Å²) in [6, 6.07) is 2.18. The van der Waals surface area contributed by atoms with E-state index in [0.29, 0.717) is 0 Å². The van der Waals surface area contributed by atoms with Crippen molar-refractivity contribution in [2.75, 3.05) is 13.7 Å². The molecule has 1 amide bonds. The standard InChI is InChI=1S/C12H13F2NO4/c1-6-3-4-7(13)9(10(6)14)11(16)15-5-8(19-2)12(17)18/h3-4,8H,5H2,1-2H3,(H,15,16)(H,17,18). The third-order valence-electron chi connectivity index (χ3n) is 2.52. The maximum atomic E-state index is 13.6. The fourth-order valence-electron chi connectivity index (χ4n) is 1.41. The highest BCUT2D eigenvalue weighted by molar-refractivity contribution is 5.95. The molecule has 1 unspecified atom stereocenters. The van der Waals surface area contributed by atoms with Crippen LogP contribution in [-0.2, 0) is 9.53 Å². The Balaban J connectivity index is 2.85. The lowest BCUT2D eigenvalue weighted by Gasteiger charge is -2.12. The van der Waals surface area contributed by atoms with Gasteiger partial charge in [-0.3, -0.25) is 4.79 Å². The average Bonchev–Trinajstić information content (AvgIpc) is 2.34. The van der Waals surface area contributed by atoms with Crippen LogP contribution in [0.5, 0.6) is 0 Å². The lowest BCUT2D eigenvalue weighted by atomic mass is 10.1. The first kappa shape index (κ1) is 15.0. The molecular formula is C12H13F2NO4. The van der Waals surface area contributed by atoms with Crippen molar-refractivity contribution in [3.05, 3.63) is 34.9 Å². The molecule has 0 saturated carbocycles. The Hall–Kier alpha value is -2.02. The highest BCUT2D eigenvalue weighted by Crippen LogP contribution is 2.16. The van der Waals surface area contributed by atoms with Crippen LogP contribution in [0.15, 0.2) is 12.1 Å². The van der Waals surface area contributed by atoms with Crippen LogP contribution < -0.4 is 5.32 Å². The number of ether oxygens (including phenoxy) is 1. The van der Waals surface area contributed by atoms with Gasteiger partial charge in [0.2, 0.25) is 0 Å². The van der Waals surface area contributed by atoms with Crippen LogP contribution in [0.25, 0.3) is 0 Å². The topological polar surface area (TPSA) is 75.6 Å². The summed E-state index contributed by atoms with van der Waals surface area (Å²) < 4.78 is 31.6. The van der Waals surface area contributed by atoms with Gasteiger partial charge in [-0.05, 0) is 18.6 Å². The fourth-order valence-corrected chi connectivity index (χ4v) is 1.41. The molecule has 1 rings (SSSR count). The largest absolute Gasteiger partial charge is 0.479 e. The van der Waals surface area contributed by atoms with Gasteiger partial charge in [-0.2, -0.15) is 0 Å². The van der Waals surface area contributed by atoms with Crippen molar-refractivity contribution in [1.29, 1.82) is 0 Å². The Kier molecular flexibility index (Phi) is 4.94. The van der Waals surface area contributed by atoms with E-state index in [2.05, 4.69) is 10.1 Å². The highest BCUT2D eigenvalue weighted by atomic mass is 19.1. The van der Waals surface area contributed by atoms with Crippen molar-refractivity contribution in [2.24, 2.45) is 0 Å². The summed E-state index contributed by atoms with van der Waals surface area (Å²) >= 11 is 0. The summed E-state index contributed by atoms with van der Waals surface area (Å²) in [7, 11) is 1.15. The number of nitrogens with one attached hydrogen (secondary N) is 1. The van der Waals surface area contributed by atoms with Crippen molar-refractivity contribution < 1.29 is 28.2 Å². The van der Waals surface area contributed by atoms with E-state index in [1.807, 2.05) is 0 Å². The number of halogens is 2. The zero-order valence-corrected chi connectivity index (χ0v) is 10.4. The first-order chi connectivity index (χ1) is 8.88. The zero-order chi connectivity index (χ0) is 14.6. The minimum absolute atomic E-state index is 0.119. The van der Waals surface area contributed by atoms with E-state index >= 15 is 0 Å². The highest BCUT2D eigenvalue weighted by Gasteiger charge is 2.22. The van der Waals surface area contributed by atoms with Gasteiger partial charge < -0.3 is 15.2 Å². The number of aliphatic carboxylic acids is 1. The molecule has 5 nitrogen and oxygen atoms in total. The normalized spacial score (nSPS) is 12.0. The summed E-state index contributed by atoms with van der Waals surface area (Å²) in [5.41, 5.74) is -0.617. The SMILES string of the molecule is COC(CNC(=O)c1c(F)ccc(C)c1F)C(=O)O. The van der Waals surface area contributed by atoms with Gasteiger partial charge in [0.1, 0.15) is 17.2 Å². The monoisotopic (exact) mass is 273 g/mol. The van der Waals surface area contributed by atoms with Gasteiger partial charge in [-0.25, -0.2) is 13.6 Å². The summed E-state index contributed by atoms with van der Waals surface area (Å²) in [5.74, 6) is -4.29. The van der Waals surface area contributed by atoms with Crippen LogP contribution in [0.4, 0.5) is 8.78 Å². The van der Waals surface area contributed by atoms with Gasteiger partial charge in [0.05, 0.1) is 6.54 Å². The molecule has 19 heavy (non-hydrogen) atoms. The Morgan fingerprint density at radius 1 is 1.42 bits per heavy atom. The second-order valence-corrected chi connectivity index (χ2v) is 3.83. The third kappa shape index (κ3) is 3.47. The molecule has 0 aliphatic carbocycles. The van der Waals surface area contributed by atoms with E-state index in [1.54, 1.807) is 0 Å². The van der Waals surface area contributed by atoms with Crippen molar-refractivity contribution in [1.82, 2.24) is 5.32 Å². The number of hydrogen-bond donors (Lipinski definition) is 2. The van der Waals surface area contributed by atoms with Crippen molar-refractivity contribution in [3.8, 4) is 0 Å².